The minimum atomic E-state index is -0.707. The molecule has 1 fully saturated rings. The third-order valence-corrected chi connectivity index (χ3v) is 5.02. The zero-order valence-electron chi connectivity index (χ0n) is 15.0. The lowest BCUT2D eigenvalue weighted by Gasteiger charge is -2.12. The Morgan fingerprint density at radius 2 is 2.04 bits per heavy atom. The Hall–Kier alpha value is -3.33. The van der Waals surface area contributed by atoms with E-state index in [4.69, 9.17) is 4.74 Å². The number of phenolic OH excluding ortho intramolecular Hbond substituents is 1. The summed E-state index contributed by atoms with van der Waals surface area (Å²) in [6.45, 7) is 2.03. The van der Waals surface area contributed by atoms with Gasteiger partial charge >= 0.3 is 5.69 Å². The SMILES string of the molecule is COc1c(O)ccc(/C=C2\SC(=O)N(Cc3cccc(C)c3)C2=O)c1[N+](=O)[O-]. The van der Waals surface area contributed by atoms with Gasteiger partial charge in [0.2, 0.25) is 5.75 Å². The van der Waals surface area contributed by atoms with Crippen molar-refractivity contribution in [1.29, 1.82) is 0 Å². The van der Waals surface area contributed by atoms with Crippen molar-refractivity contribution in [1.82, 2.24) is 4.90 Å². The lowest BCUT2D eigenvalue weighted by atomic mass is 10.1. The highest BCUT2D eigenvalue weighted by atomic mass is 32.2. The van der Waals surface area contributed by atoms with Crippen molar-refractivity contribution in [3.05, 3.63) is 68.1 Å². The number of amides is 2. The van der Waals surface area contributed by atoms with Crippen LogP contribution in [0.1, 0.15) is 16.7 Å². The molecule has 3 rings (SSSR count). The molecule has 0 saturated carbocycles. The van der Waals surface area contributed by atoms with Gasteiger partial charge in [0.15, 0.2) is 5.75 Å². The molecule has 2 aromatic rings. The van der Waals surface area contributed by atoms with Gasteiger partial charge in [-0.05, 0) is 42.5 Å². The number of imide groups is 1. The van der Waals surface area contributed by atoms with E-state index in [0.29, 0.717) is 11.8 Å². The lowest BCUT2D eigenvalue weighted by molar-refractivity contribution is -0.386. The van der Waals surface area contributed by atoms with E-state index in [9.17, 15) is 24.8 Å². The van der Waals surface area contributed by atoms with Gasteiger partial charge in [-0.3, -0.25) is 24.6 Å². The largest absolute Gasteiger partial charge is 0.504 e. The van der Waals surface area contributed by atoms with E-state index >= 15 is 0 Å². The molecule has 2 amide bonds. The molecular formula is C19H16N2O6S. The molecule has 144 valence electrons. The zero-order chi connectivity index (χ0) is 20.4. The molecule has 0 aliphatic carbocycles. The molecule has 9 heteroatoms. The highest BCUT2D eigenvalue weighted by Crippen LogP contribution is 2.41. The maximum atomic E-state index is 12.7. The van der Waals surface area contributed by atoms with Crippen LogP contribution in [0.4, 0.5) is 10.5 Å². The number of benzene rings is 2. The van der Waals surface area contributed by atoms with Crippen molar-refractivity contribution >= 4 is 34.7 Å². The number of methoxy groups -OCH3 is 1. The third kappa shape index (κ3) is 3.70. The molecule has 2 aromatic carbocycles. The summed E-state index contributed by atoms with van der Waals surface area (Å²) in [6, 6.07) is 9.97. The Labute approximate surface area is 164 Å². The minimum Gasteiger partial charge on any atom is -0.504 e. The van der Waals surface area contributed by atoms with E-state index in [0.717, 1.165) is 16.0 Å². The summed E-state index contributed by atoms with van der Waals surface area (Å²) in [5.74, 6) is -1.23. The van der Waals surface area contributed by atoms with E-state index < -0.39 is 21.8 Å². The second kappa shape index (κ2) is 7.73. The molecule has 8 nitrogen and oxygen atoms in total. The lowest BCUT2D eigenvalue weighted by Crippen LogP contribution is -2.27. The summed E-state index contributed by atoms with van der Waals surface area (Å²) >= 11 is 0.711. The van der Waals surface area contributed by atoms with Crippen LogP contribution >= 0.6 is 11.8 Å². The minimum absolute atomic E-state index is 0.0562. The molecule has 0 aromatic heterocycles. The number of thioether (sulfide) groups is 1. The maximum absolute atomic E-state index is 12.7. The molecular weight excluding hydrogens is 384 g/mol. The highest BCUT2D eigenvalue weighted by Gasteiger charge is 2.36. The zero-order valence-corrected chi connectivity index (χ0v) is 15.9. The summed E-state index contributed by atoms with van der Waals surface area (Å²) < 4.78 is 4.91. The topological polar surface area (TPSA) is 110 Å². The first-order valence-corrected chi connectivity index (χ1v) is 8.98. The first-order chi connectivity index (χ1) is 13.3. The number of hydrogen-bond donors (Lipinski definition) is 1. The van der Waals surface area contributed by atoms with Crippen LogP contribution in [0.2, 0.25) is 0 Å². The third-order valence-electron chi connectivity index (χ3n) is 4.11. The monoisotopic (exact) mass is 400 g/mol. The number of hydrogen-bond acceptors (Lipinski definition) is 7. The molecule has 1 aliphatic rings. The average molecular weight is 400 g/mol. The number of nitro groups is 1. The maximum Gasteiger partial charge on any atom is 0.322 e. The Morgan fingerprint density at radius 1 is 1.29 bits per heavy atom. The smallest absolute Gasteiger partial charge is 0.322 e. The molecule has 1 N–H and O–H groups in total. The van der Waals surface area contributed by atoms with Gasteiger partial charge in [0, 0.05) is 0 Å². The molecule has 1 aliphatic heterocycles. The van der Waals surface area contributed by atoms with Crippen LogP contribution in [-0.2, 0) is 11.3 Å². The number of aryl methyl sites for hydroxylation is 1. The Morgan fingerprint density at radius 3 is 2.68 bits per heavy atom. The van der Waals surface area contributed by atoms with Crippen LogP contribution in [0.5, 0.6) is 11.5 Å². The summed E-state index contributed by atoms with van der Waals surface area (Å²) in [7, 11) is 1.20. The molecule has 0 unspecified atom stereocenters. The standard InChI is InChI=1S/C19H16N2O6S/c1-11-4-3-5-12(8-11)10-20-18(23)15(28-19(20)24)9-13-6-7-14(22)17(27-2)16(13)21(25)26/h3-9,22H,10H2,1-2H3/b15-9-. The first-order valence-electron chi connectivity index (χ1n) is 8.17. The van der Waals surface area contributed by atoms with E-state index in [1.165, 1.54) is 25.3 Å². The van der Waals surface area contributed by atoms with Gasteiger partial charge < -0.3 is 9.84 Å². The Balaban J connectivity index is 1.95. The van der Waals surface area contributed by atoms with Gasteiger partial charge in [0.1, 0.15) is 0 Å². The van der Waals surface area contributed by atoms with Gasteiger partial charge in [-0.1, -0.05) is 29.8 Å². The van der Waals surface area contributed by atoms with Gasteiger partial charge in [0.05, 0.1) is 29.0 Å². The van der Waals surface area contributed by atoms with Gasteiger partial charge in [-0.15, -0.1) is 0 Å². The molecule has 28 heavy (non-hydrogen) atoms. The molecule has 1 saturated heterocycles. The number of phenols is 1. The van der Waals surface area contributed by atoms with E-state index in [1.54, 1.807) is 0 Å². The van der Waals surface area contributed by atoms with Crippen LogP contribution in [0.3, 0.4) is 0 Å². The van der Waals surface area contributed by atoms with Gasteiger partial charge in [-0.25, -0.2) is 0 Å². The fourth-order valence-corrected chi connectivity index (χ4v) is 3.68. The van der Waals surface area contributed by atoms with E-state index in [-0.39, 0.29) is 28.5 Å². The van der Waals surface area contributed by atoms with Crippen molar-refractivity contribution in [2.24, 2.45) is 0 Å². The Kier molecular flexibility index (Phi) is 5.36. The van der Waals surface area contributed by atoms with Crippen LogP contribution in [0.15, 0.2) is 41.3 Å². The number of carbonyl (C=O) groups excluding carboxylic acids is 2. The summed E-state index contributed by atoms with van der Waals surface area (Å²) in [5.41, 5.74) is 1.39. The second-order valence-electron chi connectivity index (χ2n) is 6.07. The van der Waals surface area contributed by atoms with Crippen molar-refractivity contribution < 1.29 is 24.4 Å². The number of ether oxygens (including phenoxy) is 1. The van der Waals surface area contributed by atoms with Crippen molar-refractivity contribution in [3.8, 4) is 11.5 Å². The molecule has 0 radical (unpaired) electrons. The Bertz CT molecular complexity index is 1020. The number of nitro benzene ring substituents is 1. The summed E-state index contributed by atoms with van der Waals surface area (Å²) in [5, 5.41) is 20.7. The molecule has 0 bridgehead atoms. The van der Waals surface area contributed by atoms with Crippen LogP contribution in [-0.4, -0.2) is 33.2 Å². The number of rotatable bonds is 5. The second-order valence-corrected chi connectivity index (χ2v) is 7.06. The number of carbonyl (C=O) groups is 2. The molecule has 1 heterocycles. The van der Waals surface area contributed by atoms with E-state index in [2.05, 4.69) is 0 Å². The highest BCUT2D eigenvalue weighted by molar-refractivity contribution is 8.18. The van der Waals surface area contributed by atoms with Crippen LogP contribution in [0, 0.1) is 17.0 Å². The average Bonchev–Trinajstić information content (AvgIpc) is 2.90. The van der Waals surface area contributed by atoms with Crippen molar-refractivity contribution in [3.63, 3.8) is 0 Å². The fourth-order valence-electron chi connectivity index (χ4n) is 2.85. The van der Waals surface area contributed by atoms with Crippen LogP contribution in [0.25, 0.3) is 6.08 Å². The predicted octanol–water partition coefficient (Wildman–Crippen LogP) is 3.85. The van der Waals surface area contributed by atoms with Crippen LogP contribution < -0.4 is 4.74 Å². The van der Waals surface area contributed by atoms with Crippen molar-refractivity contribution in [2.45, 2.75) is 13.5 Å². The first kappa shape index (κ1) is 19.4. The normalized spacial score (nSPS) is 15.4. The van der Waals surface area contributed by atoms with Crippen molar-refractivity contribution in [2.75, 3.05) is 7.11 Å². The van der Waals surface area contributed by atoms with Gasteiger partial charge in [-0.2, -0.15) is 0 Å². The summed E-state index contributed by atoms with van der Waals surface area (Å²) in [4.78, 5) is 36.9. The number of aromatic hydroxyl groups is 1. The molecule has 0 spiro atoms. The molecule has 0 atom stereocenters. The quantitative estimate of drug-likeness (QED) is 0.461. The summed E-state index contributed by atoms with van der Waals surface area (Å²) in [6.07, 6.45) is 1.27. The fraction of sp³-hybridized carbons (Fsp3) is 0.158. The predicted molar refractivity (Wildman–Crippen MR) is 104 cm³/mol. The van der Waals surface area contributed by atoms with Gasteiger partial charge in [0.25, 0.3) is 11.1 Å². The van der Waals surface area contributed by atoms with E-state index in [1.807, 2.05) is 31.2 Å². The number of nitrogens with zero attached hydrogens (tertiary/aromatic N) is 2.